The molecule has 0 spiro atoms. The number of hydrogen-bond acceptors (Lipinski definition) is 5. The maximum atomic E-state index is 12.2. The zero-order valence-corrected chi connectivity index (χ0v) is 14.4. The van der Waals surface area contributed by atoms with Crippen LogP contribution in [0.4, 0.5) is 5.69 Å². The fourth-order valence-electron chi connectivity index (χ4n) is 1.69. The summed E-state index contributed by atoms with van der Waals surface area (Å²) >= 11 is 15.4. The molecule has 1 aliphatic rings. The Morgan fingerprint density at radius 1 is 1.35 bits per heavy atom. The molecule has 9 heteroatoms. The van der Waals surface area contributed by atoms with Crippen molar-refractivity contribution in [3.8, 4) is 0 Å². The SMILES string of the molecule is Nc1c(Cl)ccc(S(=O)(=O)NCC2CSCCS2)c1Cl. The summed E-state index contributed by atoms with van der Waals surface area (Å²) < 4.78 is 27.1. The van der Waals surface area contributed by atoms with E-state index < -0.39 is 10.0 Å². The molecule has 1 heterocycles. The van der Waals surface area contributed by atoms with Gasteiger partial charge in [0.1, 0.15) is 4.90 Å². The molecule has 0 amide bonds. The first-order valence-corrected chi connectivity index (χ1v) is 10.3. The number of sulfonamides is 1. The Bertz CT molecular complexity index is 590. The van der Waals surface area contributed by atoms with Crippen molar-refractivity contribution in [2.45, 2.75) is 10.1 Å². The Morgan fingerprint density at radius 3 is 2.75 bits per heavy atom. The maximum Gasteiger partial charge on any atom is 0.242 e. The van der Waals surface area contributed by atoms with Gasteiger partial charge in [-0.2, -0.15) is 23.5 Å². The van der Waals surface area contributed by atoms with E-state index in [0.29, 0.717) is 6.54 Å². The molecule has 4 nitrogen and oxygen atoms in total. The molecule has 0 radical (unpaired) electrons. The normalized spacial score (nSPS) is 20.0. The lowest BCUT2D eigenvalue weighted by Crippen LogP contribution is -2.33. The van der Waals surface area contributed by atoms with Crippen molar-refractivity contribution in [1.82, 2.24) is 4.72 Å². The summed E-state index contributed by atoms with van der Waals surface area (Å²) in [6, 6.07) is 2.80. The molecule has 0 aromatic heterocycles. The van der Waals surface area contributed by atoms with Crippen LogP contribution < -0.4 is 10.5 Å². The third-order valence-electron chi connectivity index (χ3n) is 2.77. The molecule has 3 N–H and O–H groups in total. The summed E-state index contributed by atoms with van der Waals surface area (Å²) in [6.07, 6.45) is 0. The van der Waals surface area contributed by atoms with Gasteiger partial charge >= 0.3 is 0 Å². The fraction of sp³-hybridized carbons (Fsp3) is 0.455. The van der Waals surface area contributed by atoms with E-state index in [4.69, 9.17) is 28.9 Å². The second-order valence-corrected chi connectivity index (χ2v) is 9.27. The average Bonchev–Trinajstić information content (AvgIpc) is 2.44. The largest absolute Gasteiger partial charge is 0.396 e. The Hall–Kier alpha value is 0.210. The van der Waals surface area contributed by atoms with Crippen molar-refractivity contribution in [3.05, 3.63) is 22.2 Å². The van der Waals surface area contributed by atoms with Crippen molar-refractivity contribution in [3.63, 3.8) is 0 Å². The van der Waals surface area contributed by atoms with Crippen LogP contribution in [0.3, 0.4) is 0 Å². The van der Waals surface area contributed by atoms with Crippen LogP contribution in [0.1, 0.15) is 0 Å². The van der Waals surface area contributed by atoms with Crippen molar-refractivity contribution in [2.75, 3.05) is 29.5 Å². The average molecular weight is 373 g/mol. The van der Waals surface area contributed by atoms with Gasteiger partial charge in [-0.1, -0.05) is 23.2 Å². The van der Waals surface area contributed by atoms with E-state index >= 15 is 0 Å². The number of rotatable bonds is 4. The predicted molar refractivity (Wildman–Crippen MR) is 89.6 cm³/mol. The summed E-state index contributed by atoms with van der Waals surface area (Å²) in [5, 5.41) is 0.496. The van der Waals surface area contributed by atoms with Crippen LogP contribution in [0.2, 0.25) is 10.0 Å². The van der Waals surface area contributed by atoms with Gasteiger partial charge in [0, 0.05) is 29.1 Å². The van der Waals surface area contributed by atoms with Crippen LogP contribution in [0.15, 0.2) is 17.0 Å². The third-order valence-corrected chi connectivity index (χ3v) is 7.93. The summed E-state index contributed by atoms with van der Waals surface area (Å²) in [4.78, 5) is -0.0328. The second kappa shape index (κ2) is 6.98. The first-order valence-electron chi connectivity index (χ1n) is 5.84. The first kappa shape index (κ1) is 16.6. The summed E-state index contributed by atoms with van der Waals surface area (Å²) in [5.74, 6) is 3.11. The van der Waals surface area contributed by atoms with Gasteiger partial charge in [0.2, 0.25) is 10.0 Å². The minimum absolute atomic E-state index is 0.0318. The lowest BCUT2D eigenvalue weighted by Gasteiger charge is -2.21. The number of nitrogen functional groups attached to an aromatic ring is 1. The molecule has 112 valence electrons. The van der Waals surface area contributed by atoms with Gasteiger partial charge in [-0.25, -0.2) is 13.1 Å². The highest BCUT2D eigenvalue weighted by atomic mass is 35.5. The predicted octanol–water partition coefficient (Wildman–Crippen LogP) is 2.70. The molecule has 20 heavy (non-hydrogen) atoms. The third kappa shape index (κ3) is 3.90. The van der Waals surface area contributed by atoms with Crippen LogP contribution in [-0.2, 0) is 10.0 Å². The smallest absolute Gasteiger partial charge is 0.242 e. The lowest BCUT2D eigenvalue weighted by molar-refractivity contribution is 0.581. The lowest BCUT2D eigenvalue weighted by atomic mass is 10.3. The van der Waals surface area contributed by atoms with Crippen molar-refractivity contribution in [1.29, 1.82) is 0 Å². The second-order valence-electron chi connectivity index (χ2n) is 4.19. The van der Waals surface area contributed by atoms with E-state index in [9.17, 15) is 8.42 Å². The Balaban J connectivity index is 2.12. The molecular formula is C11H14Cl2N2O2S3. The summed E-state index contributed by atoms with van der Waals surface area (Å²) in [5.41, 5.74) is 5.74. The molecular weight excluding hydrogens is 359 g/mol. The van der Waals surface area contributed by atoms with Gasteiger partial charge in [0.15, 0.2) is 0 Å². The van der Waals surface area contributed by atoms with E-state index in [1.54, 1.807) is 11.8 Å². The number of benzene rings is 1. The number of halogens is 2. The maximum absolute atomic E-state index is 12.2. The highest BCUT2D eigenvalue weighted by Gasteiger charge is 2.23. The Morgan fingerprint density at radius 2 is 2.10 bits per heavy atom. The number of nitrogens with two attached hydrogens (primary N) is 1. The van der Waals surface area contributed by atoms with Gasteiger partial charge in [-0.3, -0.25) is 0 Å². The summed E-state index contributed by atoms with van der Waals surface area (Å²) in [7, 11) is -3.67. The minimum atomic E-state index is -3.67. The van der Waals surface area contributed by atoms with Gasteiger partial charge in [0.05, 0.1) is 15.7 Å². The first-order chi connectivity index (χ1) is 9.42. The van der Waals surface area contributed by atoms with E-state index in [-0.39, 0.29) is 25.9 Å². The highest BCUT2D eigenvalue weighted by molar-refractivity contribution is 8.06. The molecule has 1 aromatic carbocycles. The monoisotopic (exact) mass is 372 g/mol. The number of hydrogen-bond donors (Lipinski definition) is 2. The van der Waals surface area contributed by atoms with E-state index in [1.165, 1.54) is 12.1 Å². The fourth-order valence-corrected chi connectivity index (χ4v) is 6.25. The van der Waals surface area contributed by atoms with E-state index in [1.807, 2.05) is 11.8 Å². The quantitative estimate of drug-likeness (QED) is 0.794. The van der Waals surface area contributed by atoms with E-state index in [0.717, 1.165) is 17.3 Å². The van der Waals surface area contributed by atoms with Crippen LogP contribution >= 0.6 is 46.7 Å². The van der Waals surface area contributed by atoms with Crippen molar-refractivity contribution >= 4 is 62.4 Å². The topological polar surface area (TPSA) is 72.2 Å². The van der Waals surface area contributed by atoms with E-state index in [2.05, 4.69) is 4.72 Å². The molecule has 0 saturated carbocycles. The molecule has 1 saturated heterocycles. The molecule has 1 atom stereocenters. The number of nitrogens with one attached hydrogen (secondary N) is 1. The Kier molecular flexibility index (Phi) is 5.79. The van der Waals surface area contributed by atoms with Crippen LogP contribution in [0.25, 0.3) is 0 Å². The summed E-state index contributed by atoms with van der Waals surface area (Å²) in [6.45, 7) is 0.388. The zero-order valence-electron chi connectivity index (χ0n) is 10.4. The molecule has 1 aromatic rings. The highest BCUT2D eigenvalue weighted by Crippen LogP contribution is 2.33. The van der Waals surface area contributed by atoms with Gasteiger partial charge < -0.3 is 5.73 Å². The van der Waals surface area contributed by atoms with Crippen LogP contribution in [-0.4, -0.2) is 37.5 Å². The molecule has 1 fully saturated rings. The van der Waals surface area contributed by atoms with Crippen LogP contribution in [0, 0.1) is 0 Å². The standard InChI is InChI=1S/C11H14Cl2N2O2S3/c12-8-1-2-9(10(13)11(8)14)20(16,17)15-5-7-6-18-3-4-19-7/h1-2,7,15H,3-6,14H2. The van der Waals surface area contributed by atoms with Gasteiger partial charge in [-0.05, 0) is 12.1 Å². The van der Waals surface area contributed by atoms with Crippen LogP contribution in [0.5, 0.6) is 0 Å². The molecule has 2 rings (SSSR count). The number of thioether (sulfide) groups is 2. The van der Waals surface area contributed by atoms with Crippen molar-refractivity contribution in [2.24, 2.45) is 0 Å². The molecule has 0 aliphatic carbocycles. The molecule has 0 bridgehead atoms. The minimum Gasteiger partial charge on any atom is -0.396 e. The zero-order chi connectivity index (χ0) is 14.8. The number of anilines is 1. The van der Waals surface area contributed by atoms with Gasteiger partial charge in [-0.15, -0.1) is 0 Å². The molecule has 1 unspecified atom stereocenters. The Labute approximate surface area is 137 Å². The van der Waals surface area contributed by atoms with Crippen molar-refractivity contribution < 1.29 is 8.42 Å². The molecule has 1 aliphatic heterocycles. The van der Waals surface area contributed by atoms with Gasteiger partial charge in [0.25, 0.3) is 0 Å².